The van der Waals surface area contributed by atoms with Crippen molar-refractivity contribution in [2.75, 3.05) is 0 Å². The fraction of sp³-hybridized carbons (Fsp3) is 0.0588. The first-order valence-electron chi connectivity index (χ1n) is 7.28. The van der Waals surface area contributed by atoms with Gasteiger partial charge in [0.05, 0.1) is 5.75 Å². The van der Waals surface area contributed by atoms with Crippen molar-refractivity contribution in [2.24, 2.45) is 0 Å². The standard InChI is InChI=1S/C17H12N4O2S/c1-3-7-12(8-4-1)15-18-14(23-21-15)11-24-17-20-19-16(22-17)13-9-5-2-6-10-13/h1-10H,11H2. The molecule has 0 aliphatic heterocycles. The summed E-state index contributed by atoms with van der Waals surface area (Å²) < 4.78 is 10.9. The van der Waals surface area contributed by atoms with Crippen LogP contribution in [0.2, 0.25) is 0 Å². The van der Waals surface area contributed by atoms with Gasteiger partial charge in [-0.05, 0) is 12.1 Å². The van der Waals surface area contributed by atoms with E-state index in [0.29, 0.717) is 28.6 Å². The van der Waals surface area contributed by atoms with E-state index in [0.717, 1.165) is 11.1 Å². The molecule has 24 heavy (non-hydrogen) atoms. The molecule has 6 nitrogen and oxygen atoms in total. The molecule has 4 aromatic rings. The predicted molar refractivity (Wildman–Crippen MR) is 89.0 cm³/mol. The van der Waals surface area contributed by atoms with Gasteiger partial charge in [0.2, 0.25) is 17.6 Å². The molecule has 0 N–H and O–H groups in total. The molecule has 2 aromatic heterocycles. The van der Waals surface area contributed by atoms with E-state index in [4.69, 9.17) is 8.94 Å². The lowest BCUT2D eigenvalue weighted by Crippen LogP contribution is -1.82. The van der Waals surface area contributed by atoms with Crippen molar-refractivity contribution in [1.29, 1.82) is 0 Å². The minimum absolute atomic E-state index is 0.466. The lowest BCUT2D eigenvalue weighted by Gasteiger charge is -1.92. The maximum atomic E-state index is 5.63. The molecule has 0 unspecified atom stereocenters. The van der Waals surface area contributed by atoms with Gasteiger partial charge in [-0.25, -0.2) is 0 Å². The SMILES string of the molecule is c1ccc(-c2noc(CSc3nnc(-c4ccccc4)o3)n2)cc1. The molecule has 2 heterocycles. The molecule has 0 spiro atoms. The predicted octanol–water partition coefficient (Wildman–Crippen LogP) is 4.08. The third-order valence-corrected chi connectivity index (χ3v) is 4.05. The van der Waals surface area contributed by atoms with Crippen LogP contribution >= 0.6 is 11.8 Å². The van der Waals surface area contributed by atoms with Crippen LogP contribution in [0.1, 0.15) is 5.89 Å². The average molecular weight is 336 g/mol. The van der Waals surface area contributed by atoms with Crippen LogP contribution < -0.4 is 0 Å². The Labute approximate surface area is 141 Å². The van der Waals surface area contributed by atoms with E-state index < -0.39 is 0 Å². The molecule has 7 heteroatoms. The summed E-state index contributed by atoms with van der Waals surface area (Å²) in [5.74, 6) is 2.05. The van der Waals surface area contributed by atoms with Crippen molar-refractivity contribution in [3.63, 3.8) is 0 Å². The van der Waals surface area contributed by atoms with Gasteiger partial charge in [0.15, 0.2) is 0 Å². The van der Waals surface area contributed by atoms with Gasteiger partial charge >= 0.3 is 0 Å². The first kappa shape index (κ1) is 14.6. The summed E-state index contributed by atoms with van der Waals surface area (Å²) in [5, 5.41) is 12.5. The van der Waals surface area contributed by atoms with Gasteiger partial charge in [0.25, 0.3) is 5.22 Å². The number of thioether (sulfide) groups is 1. The van der Waals surface area contributed by atoms with E-state index in [-0.39, 0.29) is 0 Å². The van der Waals surface area contributed by atoms with Gasteiger partial charge < -0.3 is 8.94 Å². The maximum Gasteiger partial charge on any atom is 0.277 e. The number of nitrogens with zero attached hydrogens (tertiary/aromatic N) is 4. The second-order valence-electron chi connectivity index (χ2n) is 4.91. The van der Waals surface area contributed by atoms with Crippen LogP contribution in [0.4, 0.5) is 0 Å². The summed E-state index contributed by atoms with van der Waals surface area (Å²) in [6.07, 6.45) is 0. The van der Waals surface area contributed by atoms with Gasteiger partial charge in [0, 0.05) is 11.1 Å². The van der Waals surface area contributed by atoms with Crippen molar-refractivity contribution < 1.29 is 8.94 Å². The second-order valence-corrected chi connectivity index (χ2v) is 5.83. The average Bonchev–Trinajstić information content (AvgIpc) is 3.31. The Hall–Kier alpha value is -2.93. The van der Waals surface area contributed by atoms with Gasteiger partial charge in [-0.1, -0.05) is 65.4 Å². The monoisotopic (exact) mass is 336 g/mol. The quantitative estimate of drug-likeness (QED) is 0.508. The molecule has 4 rings (SSSR count). The minimum atomic E-state index is 0.466. The summed E-state index contributed by atoms with van der Waals surface area (Å²) >= 11 is 1.36. The molecule has 0 saturated carbocycles. The molecule has 0 atom stereocenters. The van der Waals surface area contributed by atoms with Crippen molar-refractivity contribution in [2.45, 2.75) is 11.0 Å². The van der Waals surface area contributed by atoms with E-state index in [1.807, 2.05) is 60.7 Å². The molecule has 0 aliphatic rings. The number of aromatic nitrogens is 4. The smallest absolute Gasteiger partial charge is 0.277 e. The highest BCUT2D eigenvalue weighted by Crippen LogP contribution is 2.25. The van der Waals surface area contributed by atoms with E-state index >= 15 is 0 Å². The fourth-order valence-corrected chi connectivity index (χ4v) is 2.71. The zero-order valence-electron chi connectivity index (χ0n) is 12.5. The molecule has 118 valence electrons. The van der Waals surface area contributed by atoms with Gasteiger partial charge in [-0.3, -0.25) is 0 Å². The lowest BCUT2D eigenvalue weighted by molar-refractivity contribution is 0.391. The summed E-state index contributed by atoms with van der Waals surface area (Å²) in [6.45, 7) is 0. The van der Waals surface area contributed by atoms with Crippen LogP contribution in [0.5, 0.6) is 0 Å². The molecule has 0 fully saturated rings. The Balaban J connectivity index is 1.43. The lowest BCUT2D eigenvalue weighted by atomic mass is 10.2. The zero-order valence-corrected chi connectivity index (χ0v) is 13.3. The third-order valence-electron chi connectivity index (χ3n) is 3.25. The van der Waals surface area contributed by atoms with Crippen LogP contribution in [0.15, 0.2) is 74.8 Å². The number of hydrogen-bond donors (Lipinski definition) is 0. The first-order chi connectivity index (χ1) is 11.9. The summed E-state index contributed by atoms with van der Waals surface area (Å²) in [7, 11) is 0. The highest BCUT2D eigenvalue weighted by Gasteiger charge is 2.12. The maximum absolute atomic E-state index is 5.63. The van der Waals surface area contributed by atoms with Crippen molar-refractivity contribution in [3.8, 4) is 22.8 Å². The Bertz CT molecular complexity index is 844. The topological polar surface area (TPSA) is 77.8 Å². The van der Waals surface area contributed by atoms with Crippen LogP contribution in [0.3, 0.4) is 0 Å². The Kier molecular flexibility index (Phi) is 4.07. The Morgan fingerprint density at radius 2 is 1.54 bits per heavy atom. The van der Waals surface area contributed by atoms with E-state index in [2.05, 4.69) is 20.3 Å². The van der Waals surface area contributed by atoms with Crippen LogP contribution in [-0.4, -0.2) is 20.3 Å². The van der Waals surface area contributed by atoms with Crippen molar-refractivity contribution >= 4 is 11.8 Å². The molecular weight excluding hydrogens is 324 g/mol. The second kappa shape index (κ2) is 6.67. The van der Waals surface area contributed by atoms with Crippen molar-refractivity contribution in [1.82, 2.24) is 20.3 Å². The van der Waals surface area contributed by atoms with Gasteiger partial charge in [0.1, 0.15) is 0 Å². The van der Waals surface area contributed by atoms with Crippen molar-refractivity contribution in [3.05, 3.63) is 66.6 Å². The molecule has 0 saturated heterocycles. The first-order valence-corrected chi connectivity index (χ1v) is 8.27. The van der Waals surface area contributed by atoms with E-state index in [9.17, 15) is 0 Å². The molecular formula is C17H12N4O2S. The number of benzene rings is 2. The molecule has 0 radical (unpaired) electrons. The van der Waals surface area contributed by atoms with Gasteiger partial charge in [-0.2, -0.15) is 4.98 Å². The van der Waals surface area contributed by atoms with Crippen LogP contribution in [0.25, 0.3) is 22.8 Å². The Morgan fingerprint density at radius 1 is 0.833 bits per heavy atom. The zero-order chi connectivity index (χ0) is 16.2. The minimum Gasteiger partial charge on any atom is -0.411 e. The molecule has 0 amide bonds. The number of rotatable bonds is 5. The number of hydrogen-bond acceptors (Lipinski definition) is 7. The van der Waals surface area contributed by atoms with E-state index in [1.165, 1.54) is 11.8 Å². The summed E-state index contributed by atoms with van der Waals surface area (Å²) in [6, 6.07) is 19.3. The molecule has 0 bridgehead atoms. The Morgan fingerprint density at radius 3 is 2.29 bits per heavy atom. The fourth-order valence-electron chi connectivity index (χ4n) is 2.11. The molecule has 2 aromatic carbocycles. The van der Waals surface area contributed by atoms with Crippen LogP contribution in [0, 0.1) is 0 Å². The summed E-state index contributed by atoms with van der Waals surface area (Å²) in [4.78, 5) is 4.37. The largest absolute Gasteiger partial charge is 0.411 e. The van der Waals surface area contributed by atoms with Gasteiger partial charge in [-0.15, -0.1) is 10.2 Å². The molecule has 0 aliphatic carbocycles. The van der Waals surface area contributed by atoms with E-state index in [1.54, 1.807) is 0 Å². The normalized spacial score (nSPS) is 10.8. The summed E-state index contributed by atoms with van der Waals surface area (Å²) in [5.41, 5.74) is 1.81. The highest BCUT2D eigenvalue weighted by molar-refractivity contribution is 7.98. The van der Waals surface area contributed by atoms with Crippen LogP contribution in [-0.2, 0) is 5.75 Å². The highest BCUT2D eigenvalue weighted by atomic mass is 32.2. The third kappa shape index (κ3) is 3.21.